The molecule has 1 N–H and O–H groups in total. The molecule has 14 heavy (non-hydrogen) atoms. The van der Waals surface area contributed by atoms with Crippen molar-refractivity contribution < 1.29 is 9.90 Å². The first-order valence-electron chi connectivity index (χ1n) is 4.58. The lowest BCUT2D eigenvalue weighted by Gasteiger charge is -2.18. The third kappa shape index (κ3) is 2.09. The van der Waals surface area contributed by atoms with Gasteiger partial charge in [-0.2, -0.15) is 11.8 Å². The number of aromatic carboxylic acids is 1. The number of hydrogen-bond donors (Lipinski definition) is 1. The molecule has 1 aliphatic heterocycles. The number of thiazole rings is 1. The number of hydrogen-bond acceptors (Lipinski definition) is 4. The number of thioether (sulfide) groups is 1. The monoisotopic (exact) mass is 229 g/mol. The molecule has 1 aromatic heterocycles. The first kappa shape index (κ1) is 9.98. The minimum absolute atomic E-state index is 0.353. The molecule has 2 heterocycles. The number of carbonyl (C=O) groups is 1. The zero-order valence-electron chi connectivity index (χ0n) is 7.60. The summed E-state index contributed by atoms with van der Waals surface area (Å²) < 4.78 is 0. The number of nitrogens with zero attached hydrogens (tertiary/aromatic N) is 1. The smallest absolute Gasteiger partial charge is 0.347 e. The van der Waals surface area contributed by atoms with Gasteiger partial charge in [0.2, 0.25) is 0 Å². The molecule has 76 valence electrons. The zero-order valence-corrected chi connectivity index (χ0v) is 9.24. The molecule has 1 unspecified atom stereocenters. The molecule has 1 fully saturated rings. The van der Waals surface area contributed by atoms with Crippen LogP contribution in [0.25, 0.3) is 0 Å². The van der Waals surface area contributed by atoms with E-state index in [0.717, 1.165) is 11.4 Å². The molecule has 0 spiro atoms. The van der Waals surface area contributed by atoms with E-state index in [1.165, 1.54) is 36.1 Å². The molecule has 1 aromatic rings. The van der Waals surface area contributed by atoms with Gasteiger partial charge in [0.1, 0.15) is 9.88 Å². The summed E-state index contributed by atoms with van der Waals surface area (Å²) in [4.78, 5) is 15.2. The highest BCUT2D eigenvalue weighted by Gasteiger charge is 2.20. The van der Waals surface area contributed by atoms with E-state index in [9.17, 15) is 4.79 Å². The lowest BCUT2D eigenvalue weighted by molar-refractivity contribution is 0.0702. The second kappa shape index (κ2) is 4.31. The summed E-state index contributed by atoms with van der Waals surface area (Å²) in [5, 5.41) is 10.2. The van der Waals surface area contributed by atoms with Crippen LogP contribution in [-0.2, 0) is 0 Å². The van der Waals surface area contributed by atoms with Gasteiger partial charge in [0.05, 0.1) is 11.4 Å². The van der Waals surface area contributed by atoms with Crippen molar-refractivity contribution in [3.8, 4) is 0 Å². The van der Waals surface area contributed by atoms with Crippen molar-refractivity contribution in [1.29, 1.82) is 0 Å². The first-order valence-corrected chi connectivity index (χ1v) is 6.44. The van der Waals surface area contributed by atoms with Gasteiger partial charge in [-0.05, 0) is 18.6 Å². The van der Waals surface area contributed by atoms with Crippen molar-refractivity contribution in [2.45, 2.75) is 24.5 Å². The topological polar surface area (TPSA) is 50.2 Å². The fourth-order valence-corrected chi connectivity index (χ4v) is 3.78. The Balaban J connectivity index is 2.11. The van der Waals surface area contributed by atoms with E-state index in [4.69, 9.17) is 5.11 Å². The Morgan fingerprint density at radius 3 is 3.00 bits per heavy atom. The molecule has 0 saturated carbocycles. The maximum absolute atomic E-state index is 10.7. The molecular weight excluding hydrogens is 218 g/mol. The van der Waals surface area contributed by atoms with Crippen molar-refractivity contribution in [3.05, 3.63) is 16.1 Å². The normalized spacial score (nSPS) is 22.1. The van der Waals surface area contributed by atoms with Crippen LogP contribution in [0, 0.1) is 0 Å². The fourth-order valence-electron chi connectivity index (χ4n) is 1.47. The Morgan fingerprint density at radius 2 is 2.43 bits per heavy atom. The minimum Gasteiger partial charge on any atom is -0.477 e. The van der Waals surface area contributed by atoms with Crippen molar-refractivity contribution in [3.63, 3.8) is 0 Å². The molecule has 1 atom stereocenters. The highest BCUT2D eigenvalue weighted by Crippen LogP contribution is 2.39. The lowest BCUT2D eigenvalue weighted by atomic mass is 10.2. The first-order chi connectivity index (χ1) is 6.77. The zero-order chi connectivity index (χ0) is 9.97. The van der Waals surface area contributed by atoms with E-state index in [0.29, 0.717) is 10.1 Å². The third-order valence-corrected chi connectivity index (χ3v) is 4.82. The van der Waals surface area contributed by atoms with Gasteiger partial charge in [0.25, 0.3) is 0 Å². The number of carboxylic acid groups (broad SMARTS) is 1. The summed E-state index contributed by atoms with van der Waals surface area (Å²) in [5.41, 5.74) is 0. The Hall–Kier alpha value is -0.550. The van der Waals surface area contributed by atoms with Crippen LogP contribution in [0.5, 0.6) is 0 Å². The number of rotatable bonds is 2. The molecule has 5 heteroatoms. The summed E-state index contributed by atoms with van der Waals surface area (Å²) in [5.74, 6) is 0.307. The Kier molecular flexibility index (Phi) is 3.08. The van der Waals surface area contributed by atoms with E-state index >= 15 is 0 Å². The van der Waals surface area contributed by atoms with Gasteiger partial charge in [-0.3, -0.25) is 0 Å². The predicted octanol–water partition coefficient (Wildman–Crippen LogP) is 2.80. The van der Waals surface area contributed by atoms with Crippen LogP contribution in [0.15, 0.2) is 6.20 Å². The standard InChI is InChI=1S/C9H11NO2S2/c11-9(12)7-5-10-8(14-7)6-3-1-2-4-13-6/h5-6H,1-4H2,(H,11,12). The summed E-state index contributed by atoms with van der Waals surface area (Å²) in [6.07, 6.45) is 5.12. The number of aromatic nitrogens is 1. The summed E-state index contributed by atoms with van der Waals surface area (Å²) in [6, 6.07) is 0. The van der Waals surface area contributed by atoms with Crippen molar-refractivity contribution in [2.24, 2.45) is 0 Å². The van der Waals surface area contributed by atoms with Crippen LogP contribution in [0.3, 0.4) is 0 Å². The van der Waals surface area contributed by atoms with Crippen LogP contribution in [0.2, 0.25) is 0 Å². The average molecular weight is 229 g/mol. The second-order valence-electron chi connectivity index (χ2n) is 3.22. The van der Waals surface area contributed by atoms with Crippen LogP contribution in [0.1, 0.15) is 39.2 Å². The molecule has 0 bridgehead atoms. The van der Waals surface area contributed by atoms with Gasteiger partial charge in [-0.15, -0.1) is 11.3 Å². The molecule has 1 aliphatic rings. The van der Waals surface area contributed by atoms with Crippen molar-refractivity contribution >= 4 is 29.1 Å². The lowest BCUT2D eigenvalue weighted by Crippen LogP contribution is -2.01. The van der Waals surface area contributed by atoms with Crippen LogP contribution in [-0.4, -0.2) is 21.8 Å². The average Bonchev–Trinajstić information content (AvgIpc) is 2.68. The van der Waals surface area contributed by atoms with E-state index in [-0.39, 0.29) is 0 Å². The highest BCUT2D eigenvalue weighted by atomic mass is 32.2. The second-order valence-corrected chi connectivity index (χ2v) is 5.60. The molecule has 0 amide bonds. The summed E-state index contributed by atoms with van der Waals surface area (Å²) in [7, 11) is 0. The SMILES string of the molecule is O=C(O)c1cnc(C2CCCCS2)s1. The highest BCUT2D eigenvalue weighted by molar-refractivity contribution is 7.99. The van der Waals surface area contributed by atoms with E-state index in [1.54, 1.807) is 0 Å². The van der Waals surface area contributed by atoms with Crippen molar-refractivity contribution in [1.82, 2.24) is 4.98 Å². The maximum Gasteiger partial charge on any atom is 0.347 e. The van der Waals surface area contributed by atoms with Gasteiger partial charge in [0, 0.05) is 0 Å². The Bertz CT molecular complexity index is 331. The molecule has 0 aromatic carbocycles. The maximum atomic E-state index is 10.7. The number of carboxylic acids is 1. The van der Waals surface area contributed by atoms with Gasteiger partial charge in [-0.1, -0.05) is 6.42 Å². The molecule has 1 saturated heterocycles. The Morgan fingerprint density at radius 1 is 1.57 bits per heavy atom. The summed E-state index contributed by atoms with van der Waals surface area (Å²) in [6.45, 7) is 0. The molecule has 0 aliphatic carbocycles. The van der Waals surface area contributed by atoms with Crippen LogP contribution >= 0.6 is 23.1 Å². The van der Waals surface area contributed by atoms with Crippen LogP contribution in [0.4, 0.5) is 0 Å². The third-order valence-electron chi connectivity index (χ3n) is 2.19. The van der Waals surface area contributed by atoms with E-state index < -0.39 is 5.97 Å². The van der Waals surface area contributed by atoms with Gasteiger partial charge < -0.3 is 5.11 Å². The minimum atomic E-state index is -0.866. The summed E-state index contributed by atoms with van der Waals surface area (Å²) >= 11 is 3.21. The van der Waals surface area contributed by atoms with Gasteiger partial charge >= 0.3 is 5.97 Å². The Labute approximate surface area is 90.6 Å². The molecule has 0 radical (unpaired) electrons. The van der Waals surface area contributed by atoms with Gasteiger partial charge in [0.15, 0.2) is 0 Å². The largest absolute Gasteiger partial charge is 0.477 e. The van der Waals surface area contributed by atoms with Gasteiger partial charge in [-0.25, -0.2) is 9.78 Å². The predicted molar refractivity (Wildman–Crippen MR) is 58.1 cm³/mol. The fraction of sp³-hybridized carbons (Fsp3) is 0.556. The molecule has 3 nitrogen and oxygen atoms in total. The van der Waals surface area contributed by atoms with Crippen LogP contribution < -0.4 is 0 Å². The van der Waals surface area contributed by atoms with E-state index in [2.05, 4.69) is 4.98 Å². The quantitative estimate of drug-likeness (QED) is 0.847. The molecule has 2 rings (SSSR count). The molecular formula is C9H11NO2S2. The van der Waals surface area contributed by atoms with Crippen molar-refractivity contribution in [2.75, 3.05) is 5.75 Å². The van der Waals surface area contributed by atoms with E-state index in [1.807, 2.05) is 11.8 Å².